The lowest BCUT2D eigenvalue weighted by Gasteiger charge is -2.50. The Morgan fingerprint density at radius 3 is 2.30 bits per heavy atom. The molecule has 320 valence electrons. The van der Waals surface area contributed by atoms with Gasteiger partial charge in [-0.05, 0) is 71.7 Å². The summed E-state index contributed by atoms with van der Waals surface area (Å²) in [5.41, 5.74) is 1.52. The second kappa shape index (κ2) is 15.9. The van der Waals surface area contributed by atoms with E-state index in [4.69, 9.17) is 27.9 Å². The summed E-state index contributed by atoms with van der Waals surface area (Å²) in [6.45, 7) is 0.164. The van der Waals surface area contributed by atoms with Crippen LogP contribution in [0.4, 0.5) is 24.7 Å². The monoisotopic (exact) mass is 896 g/mol. The van der Waals surface area contributed by atoms with Crippen molar-refractivity contribution in [2.75, 3.05) is 10.3 Å². The highest BCUT2D eigenvalue weighted by molar-refractivity contribution is 6.58. The highest BCUT2D eigenvalue weighted by atomic mass is 35.5. The Morgan fingerprint density at radius 1 is 0.873 bits per heavy atom. The first-order chi connectivity index (χ1) is 30.1. The van der Waals surface area contributed by atoms with Crippen molar-refractivity contribution < 1.29 is 52.2 Å². The molecule has 3 fully saturated rings. The van der Waals surface area contributed by atoms with Gasteiger partial charge in [-0.15, -0.1) is 0 Å². The van der Waals surface area contributed by atoms with Crippen molar-refractivity contribution in [3.63, 3.8) is 0 Å². The van der Waals surface area contributed by atoms with Crippen LogP contribution in [0.15, 0.2) is 121 Å². The number of nitrogens with zero attached hydrogens (tertiary/aromatic N) is 3. The molecule has 63 heavy (non-hydrogen) atoms. The van der Waals surface area contributed by atoms with E-state index in [-0.39, 0.29) is 47.7 Å². The van der Waals surface area contributed by atoms with Crippen LogP contribution in [0, 0.1) is 23.7 Å². The normalized spacial score (nSPS) is 24.2. The van der Waals surface area contributed by atoms with E-state index in [2.05, 4.69) is 10.4 Å². The summed E-state index contributed by atoms with van der Waals surface area (Å²) in [4.78, 5) is 64.3. The number of hydrazine groups is 1. The van der Waals surface area contributed by atoms with Crippen LogP contribution in [0.3, 0.4) is 0 Å². The average molecular weight is 897 g/mol. The highest BCUT2D eigenvalue weighted by Gasteiger charge is 2.71. The molecular weight excluding hydrogens is 863 g/mol. The molecule has 4 aromatic carbocycles. The number of carbonyl (C=O) groups is 4. The number of phenolic OH excluding ortho intramolecular Hbond substituents is 1. The molecule has 1 aromatic heterocycles. The number of benzene rings is 4. The van der Waals surface area contributed by atoms with E-state index in [1.807, 2.05) is 30.3 Å². The first kappa shape index (κ1) is 42.1. The first-order valence-corrected chi connectivity index (χ1v) is 20.5. The fourth-order valence-electron chi connectivity index (χ4n) is 9.80. The van der Waals surface area contributed by atoms with Crippen LogP contribution in [-0.4, -0.2) is 55.9 Å². The number of hydrogen-bond acceptors (Lipinski definition) is 10. The fourth-order valence-corrected chi connectivity index (χ4v) is 10.1. The van der Waals surface area contributed by atoms with Gasteiger partial charge in [0.1, 0.15) is 18.1 Å². The second-order valence-corrected chi connectivity index (χ2v) is 16.7. The minimum absolute atomic E-state index is 0.0337. The summed E-state index contributed by atoms with van der Waals surface area (Å²) in [6, 6.07) is 26.4. The topological polar surface area (TPSA) is 170 Å². The average Bonchev–Trinajstić information content (AvgIpc) is 3.64. The number of amides is 4. The molecule has 1 saturated carbocycles. The van der Waals surface area contributed by atoms with Gasteiger partial charge in [0.15, 0.2) is 5.82 Å². The molecule has 4 amide bonds. The smallest absolute Gasteiger partial charge is 0.488 e. The maximum absolute atomic E-state index is 15.5. The number of pyridine rings is 1. The molecule has 0 bridgehead atoms. The molecule has 12 nitrogen and oxygen atoms in total. The number of aromatic hydroxyl groups is 1. The highest BCUT2D eigenvalue weighted by Crippen LogP contribution is 2.65. The maximum Gasteiger partial charge on any atom is 0.488 e. The number of halogens is 5. The Labute approximate surface area is 367 Å². The van der Waals surface area contributed by atoms with Gasteiger partial charge in [0, 0.05) is 28.8 Å². The molecule has 6 unspecified atom stereocenters. The van der Waals surface area contributed by atoms with E-state index in [0.29, 0.717) is 33.4 Å². The van der Waals surface area contributed by atoms with E-state index in [1.165, 1.54) is 42.5 Å². The van der Waals surface area contributed by atoms with Gasteiger partial charge in [0.2, 0.25) is 11.8 Å². The van der Waals surface area contributed by atoms with Crippen LogP contribution in [0.1, 0.15) is 41.0 Å². The first-order valence-electron chi connectivity index (χ1n) is 19.8. The van der Waals surface area contributed by atoms with Crippen LogP contribution in [0.5, 0.6) is 11.5 Å². The third kappa shape index (κ3) is 7.01. The molecule has 6 atom stereocenters. The Bertz CT molecular complexity index is 2730. The van der Waals surface area contributed by atoms with Crippen molar-refractivity contribution in [3.05, 3.63) is 153 Å². The van der Waals surface area contributed by atoms with Crippen molar-refractivity contribution in [1.82, 2.24) is 9.99 Å². The number of ether oxygens (including phenoxy) is 1. The number of allylic oxidation sites excluding steroid dienone is 2. The van der Waals surface area contributed by atoms with Crippen LogP contribution in [0.25, 0.3) is 0 Å². The van der Waals surface area contributed by atoms with E-state index in [9.17, 15) is 37.9 Å². The number of nitrogens with one attached hydrogen (secondary N) is 1. The summed E-state index contributed by atoms with van der Waals surface area (Å²) < 4.78 is 46.8. The number of aromatic nitrogens is 1. The number of alkyl halides is 3. The number of phenols is 1. The largest absolute Gasteiger partial charge is 0.508 e. The van der Waals surface area contributed by atoms with Crippen molar-refractivity contribution in [2.45, 2.75) is 37.0 Å². The number of rotatable bonds is 9. The summed E-state index contributed by atoms with van der Waals surface area (Å²) in [7, 11) is -1.88. The molecule has 4 N–H and O–H groups in total. The van der Waals surface area contributed by atoms with Gasteiger partial charge in [-0.1, -0.05) is 95.5 Å². The predicted octanol–water partition coefficient (Wildman–Crippen LogP) is 6.56. The predicted molar refractivity (Wildman–Crippen MR) is 225 cm³/mol. The number of hydrogen-bond donors (Lipinski definition) is 4. The van der Waals surface area contributed by atoms with Crippen LogP contribution < -0.4 is 20.5 Å². The van der Waals surface area contributed by atoms with E-state index in [1.54, 1.807) is 30.3 Å². The SMILES string of the molecule is O=C1C2CC3C(=CCC4C(=O)N(c5cccc(B(O)O)c5)C(=O)C43)C(c3ccc(OCc4ccccc4)cc3O)C2(c2ccc(Cl)cc2)C(=O)N1Nc1ncc(C(F)(F)F)cc1Cl. The Balaban J connectivity index is 1.20. The van der Waals surface area contributed by atoms with Crippen molar-refractivity contribution >= 4 is 70.9 Å². The van der Waals surface area contributed by atoms with Gasteiger partial charge in [-0.25, -0.2) is 4.98 Å². The summed E-state index contributed by atoms with van der Waals surface area (Å²) >= 11 is 12.7. The van der Waals surface area contributed by atoms with Gasteiger partial charge in [-0.2, -0.15) is 18.2 Å². The van der Waals surface area contributed by atoms with E-state index >= 15 is 9.59 Å². The van der Waals surface area contributed by atoms with Crippen molar-refractivity contribution in [2.24, 2.45) is 23.7 Å². The van der Waals surface area contributed by atoms with Crippen LogP contribution >= 0.6 is 23.2 Å². The lowest BCUT2D eigenvalue weighted by molar-refractivity contribution is -0.139. The zero-order chi connectivity index (χ0) is 44.5. The minimum Gasteiger partial charge on any atom is -0.508 e. The zero-order valence-electron chi connectivity index (χ0n) is 32.7. The van der Waals surface area contributed by atoms with Gasteiger partial charge >= 0.3 is 13.3 Å². The molecule has 4 aliphatic rings. The molecule has 18 heteroatoms. The quantitative estimate of drug-likeness (QED) is 0.0723. The molecule has 2 saturated heterocycles. The van der Waals surface area contributed by atoms with Crippen LogP contribution in [0.2, 0.25) is 10.0 Å². The zero-order valence-corrected chi connectivity index (χ0v) is 34.2. The molecule has 3 heterocycles. The molecule has 2 aliphatic carbocycles. The van der Waals surface area contributed by atoms with Crippen LogP contribution in [-0.2, 0) is 37.4 Å². The standard InChI is InChI=1S/C45H34BCl2F3N4O8/c47-27-11-9-24(10-12-27)44-34(41(58)55(43(44)60)53-39-35(48)17-25(21-52-39)45(49,50)51)20-33-30(38(44)31-14-13-29(19-36(31)56)63-22-23-5-2-1-3-6-23)15-16-32-37(33)42(59)54(40(32)57)28-8-4-7-26(18-28)46(61)62/h1-15,17-19,21,32-34,37-38,56,61-62H,16,20,22H2,(H,52,53). The second-order valence-electron chi connectivity index (χ2n) is 15.9. The Kier molecular flexibility index (Phi) is 10.6. The van der Waals surface area contributed by atoms with Gasteiger partial charge < -0.3 is 19.9 Å². The minimum atomic E-state index is -4.79. The molecule has 2 aliphatic heterocycles. The molecule has 0 radical (unpaired) electrons. The molecular formula is C45H34BCl2F3N4O8. The van der Waals surface area contributed by atoms with Gasteiger partial charge in [0.05, 0.1) is 39.4 Å². The molecule has 9 rings (SSSR count). The Morgan fingerprint density at radius 2 is 1.62 bits per heavy atom. The molecule has 5 aromatic rings. The maximum atomic E-state index is 15.5. The fraction of sp³-hybridized carbons (Fsp3) is 0.222. The van der Waals surface area contributed by atoms with Gasteiger partial charge in [0.25, 0.3) is 11.8 Å². The third-order valence-electron chi connectivity index (χ3n) is 12.5. The number of carbonyl (C=O) groups excluding carboxylic acids is 4. The number of imide groups is 2. The lowest BCUT2D eigenvalue weighted by Crippen LogP contribution is -2.53. The van der Waals surface area contributed by atoms with Crippen molar-refractivity contribution in [3.8, 4) is 11.5 Å². The molecule has 0 spiro atoms. The Hall–Kier alpha value is -6.20. The van der Waals surface area contributed by atoms with E-state index < -0.39 is 88.3 Å². The third-order valence-corrected chi connectivity index (χ3v) is 13.1. The van der Waals surface area contributed by atoms with E-state index in [0.717, 1.165) is 10.5 Å². The number of anilines is 2. The number of fused-ring (bicyclic) bond motifs is 4. The summed E-state index contributed by atoms with van der Waals surface area (Å²) in [6.07, 6.45) is -2.64. The summed E-state index contributed by atoms with van der Waals surface area (Å²) in [5.74, 6) is -8.65. The lowest BCUT2D eigenvalue weighted by atomic mass is 9.49. The summed E-state index contributed by atoms with van der Waals surface area (Å²) in [5, 5.41) is 32.2. The van der Waals surface area contributed by atoms with Gasteiger partial charge in [-0.3, -0.25) is 29.5 Å². The van der Waals surface area contributed by atoms with Crippen molar-refractivity contribution in [1.29, 1.82) is 0 Å².